The molecule has 0 atom stereocenters. The molecule has 100 valence electrons. The second-order valence-electron chi connectivity index (χ2n) is 4.45. The molecule has 19 heavy (non-hydrogen) atoms. The van der Waals surface area contributed by atoms with Crippen molar-refractivity contribution >= 4 is 49.2 Å². The van der Waals surface area contributed by atoms with Crippen LogP contribution >= 0.6 is 43.2 Å². The molecule has 2 aromatic rings. The predicted octanol–water partition coefficient (Wildman–Crippen LogP) is 4.09. The van der Waals surface area contributed by atoms with Gasteiger partial charge in [0.05, 0.1) is 5.69 Å². The second-order valence-corrected chi connectivity index (χ2v) is 7.08. The van der Waals surface area contributed by atoms with Gasteiger partial charge in [0.1, 0.15) is 16.1 Å². The molecule has 0 aliphatic heterocycles. The molecule has 0 saturated heterocycles. The normalized spacial score (nSPS) is 11.6. The highest BCUT2D eigenvalue weighted by molar-refractivity contribution is 9.11. The molecular formula is C12H10Br2N2O2S. The molecule has 0 radical (unpaired) electrons. The molecule has 0 aliphatic carbocycles. The van der Waals surface area contributed by atoms with E-state index in [9.17, 15) is 9.90 Å². The topological polar surface area (TPSA) is 63.1 Å². The zero-order valence-corrected chi connectivity index (χ0v) is 14.1. The Hall–Kier alpha value is -0.790. The summed E-state index contributed by atoms with van der Waals surface area (Å²) in [5.74, 6) is -0.896. The van der Waals surface area contributed by atoms with Gasteiger partial charge in [0.15, 0.2) is 0 Å². The molecular weight excluding hydrogens is 396 g/mol. The molecule has 2 rings (SSSR count). The second kappa shape index (κ2) is 5.30. The van der Waals surface area contributed by atoms with Gasteiger partial charge < -0.3 is 5.11 Å². The van der Waals surface area contributed by atoms with Crippen LogP contribution in [0.25, 0.3) is 10.7 Å². The van der Waals surface area contributed by atoms with Crippen LogP contribution in [0.4, 0.5) is 0 Å². The van der Waals surface area contributed by atoms with Gasteiger partial charge in [-0.2, -0.15) is 0 Å². The maximum Gasteiger partial charge on any atom is 0.315 e. The Morgan fingerprint density at radius 1 is 1.42 bits per heavy atom. The minimum absolute atomic E-state index is 0.539. The van der Waals surface area contributed by atoms with Crippen LogP contribution in [0.3, 0.4) is 0 Å². The Labute approximate surface area is 131 Å². The molecule has 0 spiro atoms. The van der Waals surface area contributed by atoms with Gasteiger partial charge in [0.2, 0.25) is 0 Å². The maximum absolute atomic E-state index is 11.2. The third kappa shape index (κ3) is 2.88. The zero-order valence-electron chi connectivity index (χ0n) is 10.1. The molecule has 0 saturated carbocycles. The predicted molar refractivity (Wildman–Crippen MR) is 81.4 cm³/mol. The molecule has 0 amide bonds. The molecule has 2 heterocycles. The van der Waals surface area contributed by atoms with Gasteiger partial charge in [-0.05, 0) is 51.8 Å². The Morgan fingerprint density at radius 2 is 2.11 bits per heavy atom. The Kier molecular flexibility index (Phi) is 4.08. The number of aliphatic carboxylic acids is 1. The van der Waals surface area contributed by atoms with Crippen molar-refractivity contribution in [3.05, 3.63) is 32.3 Å². The van der Waals surface area contributed by atoms with Crippen LogP contribution in [-0.4, -0.2) is 21.0 Å². The van der Waals surface area contributed by atoms with Crippen LogP contribution in [0.15, 0.2) is 26.6 Å². The summed E-state index contributed by atoms with van der Waals surface area (Å²) in [7, 11) is 0. The van der Waals surface area contributed by atoms with Crippen molar-refractivity contribution in [2.45, 2.75) is 19.3 Å². The first-order chi connectivity index (χ1) is 8.82. The molecule has 2 aromatic heterocycles. The van der Waals surface area contributed by atoms with Crippen molar-refractivity contribution in [3.63, 3.8) is 0 Å². The van der Waals surface area contributed by atoms with Gasteiger partial charge in [-0.3, -0.25) is 9.78 Å². The molecule has 0 bridgehead atoms. The summed E-state index contributed by atoms with van der Waals surface area (Å²) in [5.41, 5.74) is 0.244. The fraction of sp³-hybridized carbons (Fsp3) is 0.250. The lowest BCUT2D eigenvalue weighted by Gasteiger charge is -2.15. The fourth-order valence-corrected chi connectivity index (χ4v) is 3.65. The molecule has 0 aromatic carbocycles. The van der Waals surface area contributed by atoms with E-state index in [1.807, 2.05) is 6.07 Å². The highest BCUT2D eigenvalue weighted by Crippen LogP contribution is 2.33. The molecule has 4 nitrogen and oxygen atoms in total. The third-order valence-electron chi connectivity index (χ3n) is 2.69. The molecule has 0 aliphatic rings. The van der Waals surface area contributed by atoms with Gasteiger partial charge in [0.25, 0.3) is 0 Å². The number of carboxylic acids is 1. The number of pyridine rings is 1. The van der Waals surface area contributed by atoms with E-state index in [0.717, 1.165) is 8.95 Å². The van der Waals surface area contributed by atoms with E-state index < -0.39 is 11.4 Å². The average molecular weight is 406 g/mol. The minimum Gasteiger partial charge on any atom is -0.481 e. The van der Waals surface area contributed by atoms with Crippen LogP contribution in [0.2, 0.25) is 0 Å². The van der Waals surface area contributed by atoms with E-state index in [-0.39, 0.29) is 0 Å². The Balaban J connectivity index is 2.44. The van der Waals surface area contributed by atoms with Crippen LogP contribution in [0.1, 0.15) is 19.5 Å². The highest BCUT2D eigenvalue weighted by Gasteiger charge is 2.32. The first kappa shape index (κ1) is 14.6. The smallest absolute Gasteiger partial charge is 0.315 e. The van der Waals surface area contributed by atoms with Gasteiger partial charge in [-0.15, -0.1) is 11.3 Å². The van der Waals surface area contributed by atoms with E-state index >= 15 is 0 Å². The lowest BCUT2D eigenvalue weighted by Crippen LogP contribution is -2.28. The van der Waals surface area contributed by atoms with Crippen molar-refractivity contribution in [1.82, 2.24) is 9.97 Å². The van der Waals surface area contributed by atoms with Gasteiger partial charge >= 0.3 is 5.97 Å². The Morgan fingerprint density at radius 3 is 2.68 bits per heavy atom. The number of hydrogen-bond donors (Lipinski definition) is 1. The van der Waals surface area contributed by atoms with Crippen LogP contribution < -0.4 is 0 Å². The Bertz CT molecular complexity index is 640. The van der Waals surface area contributed by atoms with E-state index in [2.05, 4.69) is 41.8 Å². The van der Waals surface area contributed by atoms with Crippen LogP contribution in [-0.2, 0) is 10.2 Å². The summed E-state index contributed by atoms with van der Waals surface area (Å²) in [6, 6.07) is 1.88. The minimum atomic E-state index is -1.00. The number of nitrogens with zero attached hydrogens (tertiary/aromatic N) is 2. The largest absolute Gasteiger partial charge is 0.481 e. The lowest BCUT2D eigenvalue weighted by atomic mass is 9.90. The van der Waals surface area contributed by atoms with E-state index in [1.165, 1.54) is 11.3 Å². The number of rotatable bonds is 3. The van der Waals surface area contributed by atoms with Crippen molar-refractivity contribution in [1.29, 1.82) is 0 Å². The number of thiazole rings is 1. The van der Waals surface area contributed by atoms with Gasteiger partial charge in [-0.1, -0.05) is 0 Å². The first-order valence-corrected chi connectivity index (χ1v) is 7.79. The first-order valence-electron chi connectivity index (χ1n) is 5.33. The number of aromatic nitrogens is 2. The monoisotopic (exact) mass is 404 g/mol. The van der Waals surface area contributed by atoms with Gasteiger partial charge in [0, 0.05) is 20.5 Å². The van der Waals surface area contributed by atoms with Gasteiger partial charge in [-0.25, -0.2) is 4.98 Å². The summed E-state index contributed by atoms with van der Waals surface area (Å²) in [6.45, 7) is 3.27. The van der Waals surface area contributed by atoms with Crippen molar-refractivity contribution in [3.8, 4) is 10.7 Å². The quantitative estimate of drug-likeness (QED) is 0.835. The van der Waals surface area contributed by atoms with Crippen LogP contribution in [0.5, 0.6) is 0 Å². The number of halogens is 2. The standard InChI is InChI=1S/C12H10Br2N2O2S/c1-12(2,11(17)18)8-5-19-10(16-8)9-7(14)3-6(13)4-15-9/h3-5H,1-2H3,(H,17,18). The lowest BCUT2D eigenvalue weighted by molar-refractivity contribution is -0.142. The summed E-state index contributed by atoms with van der Waals surface area (Å²) < 4.78 is 1.68. The summed E-state index contributed by atoms with van der Waals surface area (Å²) in [6.07, 6.45) is 1.68. The van der Waals surface area contributed by atoms with Crippen molar-refractivity contribution < 1.29 is 9.90 Å². The third-order valence-corrected chi connectivity index (χ3v) is 4.58. The molecule has 0 fully saturated rings. The summed E-state index contributed by atoms with van der Waals surface area (Å²) >= 11 is 8.15. The highest BCUT2D eigenvalue weighted by atomic mass is 79.9. The fourth-order valence-electron chi connectivity index (χ4n) is 1.35. The van der Waals surface area contributed by atoms with Crippen molar-refractivity contribution in [2.24, 2.45) is 0 Å². The molecule has 7 heteroatoms. The average Bonchev–Trinajstić information content (AvgIpc) is 2.78. The van der Waals surface area contributed by atoms with Crippen molar-refractivity contribution in [2.75, 3.05) is 0 Å². The number of carboxylic acid groups (broad SMARTS) is 1. The number of hydrogen-bond acceptors (Lipinski definition) is 4. The summed E-state index contributed by atoms with van der Waals surface area (Å²) in [4.78, 5) is 19.9. The maximum atomic E-state index is 11.2. The van der Waals surface area contributed by atoms with E-state index in [1.54, 1.807) is 25.4 Å². The summed E-state index contributed by atoms with van der Waals surface area (Å²) in [5, 5.41) is 11.7. The SMILES string of the molecule is CC(C)(C(=O)O)c1csc(-c2ncc(Br)cc2Br)n1. The number of carbonyl (C=O) groups is 1. The molecule has 1 N–H and O–H groups in total. The van der Waals surface area contributed by atoms with Crippen LogP contribution in [0, 0.1) is 0 Å². The van der Waals surface area contributed by atoms with E-state index in [4.69, 9.17) is 0 Å². The molecule has 0 unspecified atom stereocenters. The zero-order chi connectivity index (χ0) is 14.2. The van der Waals surface area contributed by atoms with E-state index in [0.29, 0.717) is 16.4 Å².